The highest BCUT2D eigenvalue weighted by Crippen LogP contribution is 2.45. The van der Waals surface area contributed by atoms with E-state index in [0.717, 1.165) is 67.3 Å². The smallest absolute Gasteiger partial charge is 0.309 e. The standard InChI is InChI=1S/C30H35Cl2N5O2/c1-18(23-10-9-21(31)12-25(23)32)33-27-24-7-3-4-8-26(24)34-29(35-27)37-16-20(17-37)19-6-5-11-36(15-19)22-13-30(2,14-22)28(38)39/h3-4,7-10,12,18-20,22H,5-6,11,13-17H2,1-2H3,(H,38,39)(H,33,34,35)/t18-,19?,22?,30?/m1/s1. The maximum absolute atomic E-state index is 11.5. The summed E-state index contributed by atoms with van der Waals surface area (Å²) in [7, 11) is 0. The first-order valence-corrected chi connectivity index (χ1v) is 14.7. The molecule has 1 aliphatic carbocycles. The molecule has 7 nitrogen and oxygen atoms in total. The van der Waals surface area contributed by atoms with E-state index in [1.54, 1.807) is 6.07 Å². The molecule has 0 amide bonds. The van der Waals surface area contributed by atoms with Crippen LogP contribution in [-0.4, -0.2) is 58.2 Å². The van der Waals surface area contributed by atoms with Crippen molar-refractivity contribution in [1.82, 2.24) is 14.9 Å². The number of nitrogens with zero attached hydrogens (tertiary/aromatic N) is 4. The van der Waals surface area contributed by atoms with Crippen LogP contribution in [0.5, 0.6) is 0 Å². The Morgan fingerprint density at radius 3 is 2.62 bits per heavy atom. The monoisotopic (exact) mass is 567 g/mol. The van der Waals surface area contributed by atoms with E-state index in [9.17, 15) is 9.90 Å². The third-order valence-electron chi connectivity index (χ3n) is 9.13. The molecule has 1 aromatic heterocycles. The highest BCUT2D eigenvalue weighted by Gasteiger charge is 2.49. The second kappa shape index (κ2) is 10.4. The fourth-order valence-corrected chi connectivity index (χ4v) is 7.17. The van der Waals surface area contributed by atoms with Gasteiger partial charge in [-0.1, -0.05) is 41.4 Å². The summed E-state index contributed by atoms with van der Waals surface area (Å²) in [5, 5.41) is 15.3. The lowest BCUT2D eigenvalue weighted by atomic mass is 9.65. The number of hydrogen-bond acceptors (Lipinski definition) is 6. The minimum absolute atomic E-state index is 0.0622. The van der Waals surface area contributed by atoms with Crippen molar-refractivity contribution in [2.24, 2.45) is 17.3 Å². The molecule has 0 bridgehead atoms. The van der Waals surface area contributed by atoms with Crippen molar-refractivity contribution in [1.29, 1.82) is 0 Å². The van der Waals surface area contributed by atoms with E-state index in [-0.39, 0.29) is 6.04 Å². The molecule has 1 saturated carbocycles. The number of carboxylic acid groups (broad SMARTS) is 1. The fraction of sp³-hybridized carbons (Fsp3) is 0.500. The zero-order valence-corrected chi connectivity index (χ0v) is 23.9. The van der Waals surface area contributed by atoms with Crippen molar-refractivity contribution >= 4 is 51.8 Å². The van der Waals surface area contributed by atoms with Crippen LogP contribution in [-0.2, 0) is 4.79 Å². The van der Waals surface area contributed by atoms with Crippen molar-refractivity contribution in [2.45, 2.75) is 51.6 Å². The first kappa shape index (κ1) is 26.6. The van der Waals surface area contributed by atoms with E-state index >= 15 is 0 Å². The van der Waals surface area contributed by atoms with Gasteiger partial charge >= 0.3 is 5.97 Å². The van der Waals surface area contributed by atoms with Crippen molar-refractivity contribution in [3.8, 4) is 0 Å². The van der Waals surface area contributed by atoms with Gasteiger partial charge in [0, 0.05) is 41.1 Å². The summed E-state index contributed by atoms with van der Waals surface area (Å²) in [4.78, 5) is 26.3. The highest BCUT2D eigenvalue weighted by molar-refractivity contribution is 6.35. The summed E-state index contributed by atoms with van der Waals surface area (Å²) in [6.07, 6.45) is 3.97. The number of carbonyl (C=O) groups is 1. The number of carboxylic acids is 1. The van der Waals surface area contributed by atoms with Crippen LogP contribution in [0.2, 0.25) is 10.0 Å². The summed E-state index contributed by atoms with van der Waals surface area (Å²) < 4.78 is 0. The van der Waals surface area contributed by atoms with E-state index in [1.807, 2.05) is 43.3 Å². The number of anilines is 2. The third-order valence-corrected chi connectivity index (χ3v) is 9.69. The van der Waals surface area contributed by atoms with Gasteiger partial charge in [-0.25, -0.2) is 4.98 Å². The Bertz CT molecular complexity index is 1390. The molecule has 1 unspecified atom stereocenters. The van der Waals surface area contributed by atoms with Crippen LogP contribution in [0.25, 0.3) is 10.9 Å². The fourth-order valence-electron chi connectivity index (χ4n) is 6.60. The van der Waals surface area contributed by atoms with Crippen LogP contribution in [0.15, 0.2) is 42.5 Å². The third kappa shape index (κ3) is 5.17. The van der Waals surface area contributed by atoms with E-state index in [1.165, 1.54) is 12.8 Å². The largest absolute Gasteiger partial charge is 0.481 e. The lowest BCUT2D eigenvalue weighted by Crippen LogP contribution is -2.58. The van der Waals surface area contributed by atoms with Crippen molar-refractivity contribution in [2.75, 3.05) is 36.4 Å². The summed E-state index contributed by atoms with van der Waals surface area (Å²) in [6.45, 7) is 8.02. The summed E-state index contributed by atoms with van der Waals surface area (Å²) >= 11 is 12.6. The molecule has 3 aliphatic rings. The Kier molecular flexibility index (Phi) is 7.11. The molecule has 3 aromatic rings. The first-order valence-electron chi connectivity index (χ1n) is 13.9. The number of aliphatic carboxylic acids is 1. The van der Waals surface area contributed by atoms with Gasteiger partial charge in [-0.05, 0) is 87.7 Å². The van der Waals surface area contributed by atoms with Crippen LogP contribution in [0, 0.1) is 17.3 Å². The minimum Gasteiger partial charge on any atom is -0.481 e. The Labute approximate surface area is 239 Å². The van der Waals surface area contributed by atoms with Gasteiger partial charge in [0.1, 0.15) is 5.82 Å². The van der Waals surface area contributed by atoms with Gasteiger partial charge in [0.25, 0.3) is 0 Å². The van der Waals surface area contributed by atoms with Crippen molar-refractivity contribution in [3.63, 3.8) is 0 Å². The lowest BCUT2D eigenvalue weighted by molar-refractivity contribution is -0.158. The molecule has 2 atom stereocenters. The molecular formula is C30H35Cl2N5O2. The van der Waals surface area contributed by atoms with E-state index < -0.39 is 11.4 Å². The maximum Gasteiger partial charge on any atom is 0.309 e. The molecular weight excluding hydrogens is 533 g/mol. The Morgan fingerprint density at radius 1 is 1.10 bits per heavy atom. The number of para-hydroxylation sites is 1. The molecule has 2 aliphatic heterocycles. The number of benzene rings is 2. The molecule has 3 heterocycles. The molecule has 2 saturated heterocycles. The van der Waals surface area contributed by atoms with Gasteiger partial charge in [-0.15, -0.1) is 0 Å². The van der Waals surface area contributed by atoms with Crippen LogP contribution in [0.3, 0.4) is 0 Å². The van der Waals surface area contributed by atoms with Crippen LogP contribution in [0.1, 0.15) is 51.1 Å². The van der Waals surface area contributed by atoms with Crippen LogP contribution >= 0.6 is 23.2 Å². The number of halogens is 2. The van der Waals surface area contributed by atoms with E-state index in [0.29, 0.717) is 27.9 Å². The first-order chi connectivity index (χ1) is 18.7. The Hall–Kier alpha value is -2.61. The van der Waals surface area contributed by atoms with Crippen LogP contribution in [0.4, 0.5) is 11.8 Å². The average Bonchev–Trinajstić information content (AvgIpc) is 2.86. The van der Waals surface area contributed by atoms with Crippen molar-refractivity contribution < 1.29 is 9.90 Å². The number of likely N-dealkylation sites (tertiary alicyclic amines) is 1. The summed E-state index contributed by atoms with van der Waals surface area (Å²) in [6, 6.07) is 14.0. The van der Waals surface area contributed by atoms with Gasteiger partial charge in [0.2, 0.25) is 5.95 Å². The zero-order chi connectivity index (χ0) is 27.3. The Morgan fingerprint density at radius 2 is 1.87 bits per heavy atom. The van der Waals surface area contributed by atoms with Gasteiger partial charge in [0.05, 0.1) is 17.0 Å². The number of piperidine rings is 1. The molecule has 6 rings (SSSR count). The number of hydrogen-bond donors (Lipinski definition) is 2. The molecule has 39 heavy (non-hydrogen) atoms. The van der Waals surface area contributed by atoms with E-state index in [2.05, 4.69) is 22.0 Å². The zero-order valence-electron chi connectivity index (χ0n) is 22.4. The highest BCUT2D eigenvalue weighted by atomic mass is 35.5. The summed E-state index contributed by atoms with van der Waals surface area (Å²) in [5.74, 6) is 2.14. The predicted molar refractivity (Wildman–Crippen MR) is 157 cm³/mol. The predicted octanol–water partition coefficient (Wildman–Crippen LogP) is 6.51. The SMILES string of the molecule is C[C@@H](Nc1nc(N2CC(C3CCCN(C4CC(C)(C(=O)O)C4)C3)C2)nc2ccccc12)c1ccc(Cl)cc1Cl. The molecule has 3 fully saturated rings. The van der Waals surface area contributed by atoms with Crippen molar-refractivity contribution in [3.05, 3.63) is 58.1 Å². The molecule has 0 spiro atoms. The molecule has 9 heteroatoms. The topological polar surface area (TPSA) is 81.6 Å². The number of nitrogens with one attached hydrogen (secondary N) is 1. The van der Waals surface area contributed by atoms with Gasteiger partial charge in [-0.3, -0.25) is 4.79 Å². The van der Waals surface area contributed by atoms with E-state index in [4.69, 9.17) is 33.2 Å². The van der Waals surface area contributed by atoms with Gasteiger partial charge in [0.15, 0.2) is 0 Å². The second-order valence-corrected chi connectivity index (χ2v) is 12.8. The Balaban J connectivity index is 1.14. The van der Waals surface area contributed by atoms with Gasteiger partial charge < -0.3 is 20.2 Å². The van der Waals surface area contributed by atoms with Gasteiger partial charge in [-0.2, -0.15) is 4.98 Å². The molecule has 206 valence electrons. The maximum atomic E-state index is 11.5. The number of aromatic nitrogens is 2. The van der Waals surface area contributed by atoms with Crippen LogP contribution < -0.4 is 10.2 Å². The molecule has 0 radical (unpaired) electrons. The normalized spacial score (nSPS) is 26.6. The molecule has 2 aromatic carbocycles. The number of rotatable bonds is 7. The minimum atomic E-state index is -0.656. The second-order valence-electron chi connectivity index (χ2n) is 11.9. The number of fused-ring (bicyclic) bond motifs is 1. The lowest BCUT2D eigenvalue weighted by Gasteiger charge is -2.52. The quantitative estimate of drug-likeness (QED) is 0.336. The molecule has 2 N–H and O–H groups in total. The average molecular weight is 569 g/mol. The summed E-state index contributed by atoms with van der Waals surface area (Å²) in [5.41, 5.74) is 1.34.